The van der Waals surface area contributed by atoms with Crippen LogP contribution in [0.25, 0.3) is 10.8 Å². The van der Waals surface area contributed by atoms with Gasteiger partial charge in [-0.25, -0.2) is 4.79 Å². The Bertz CT molecular complexity index is 1340. The second-order valence-electron chi connectivity index (χ2n) is 9.09. The highest BCUT2D eigenvalue weighted by molar-refractivity contribution is 5.90. The van der Waals surface area contributed by atoms with E-state index in [1.807, 2.05) is 31.2 Å². The van der Waals surface area contributed by atoms with E-state index in [9.17, 15) is 9.90 Å². The number of para-hydroxylation sites is 1. The van der Waals surface area contributed by atoms with Gasteiger partial charge >= 0.3 is 5.97 Å². The smallest absolute Gasteiger partial charge is 0.335 e. The van der Waals surface area contributed by atoms with Crippen LogP contribution in [-0.4, -0.2) is 23.7 Å². The van der Waals surface area contributed by atoms with E-state index < -0.39 is 5.97 Å². The molecule has 4 aromatic rings. The zero-order valence-corrected chi connectivity index (χ0v) is 19.5. The average Bonchev–Trinajstić information content (AvgIpc) is 2.86. The van der Waals surface area contributed by atoms with Crippen molar-refractivity contribution in [1.82, 2.24) is 5.32 Å². The molecule has 4 nitrogen and oxygen atoms in total. The molecule has 0 saturated carbocycles. The summed E-state index contributed by atoms with van der Waals surface area (Å²) in [5, 5.41) is 15.8. The standard InChI is InChI=1S/C30H29NO3/c1-19-23(13-8-14-24(19)30(32)33)28-17-22(34-29-16-6-5-12-27(28)29)18-31-20(2)25-15-7-10-21-9-3-4-11-26(21)25/h3-16,20,22,28,31H,17-18H2,1-2H3,(H,32,33)/t20-,22-,28+/m1/s1. The van der Waals surface area contributed by atoms with Crippen molar-refractivity contribution in [3.63, 3.8) is 0 Å². The number of nitrogens with one attached hydrogen (secondary N) is 1. The van der Waals surface area contributed by atoms with E-state index in [4.69, 9.17) is 4.74 Å². The maximum atomic E-state index is 11.7. The summed E-state index contributed by atoms with van der Waals surface area (Å²) in [4.78, 5) is 11.7. The van der Waals surface area contributed by atoms with E-state index in [0.717, 1.165) is 28.9 Å². The number of fused-ring (bicyclic) bond motifs is 2. The fourth-order valence-corrected chi connectivity index (χ4v) is 5.22. The summed E-state index contributed by atoms with van der Waals surface area (Å²) >= 11 is 0. The molecule has 3 atom stereocenters. The van der Waals surface area contributed by atoms with Crippen molar-refractivity contribution >= 4 is 16.7 Å². The predicted octanol–water partition coefficient (Wildman–Crippen LogP) is 6.48. The predicted molar refractivity (Wildman–Crippen MR) is 136 cm³/mol. The van der Waals surface area contributed by atoms with E-state index in [-0.39, 0.29) is 18.1 Å². The lowest BCUT2D eigenvalue weighted by molar-refractivity contribution is 0.0696. The van der Waals surface area contributed by atoms with Crippen LogP contribution in [0.2, 0.25) is 0 Å². The van der Waals surface area contributed by atoms with Crippen LogP contribution in [0.15, 0.2) is 84.9 Å². The van der Waals surface area contributed by atoms with Gasteiger partial charge in [-0.3, -0.25) is 0 Å². The molecule has 0 aromatic heterocycles. The van der Waals surface area contributed by atoms with Crippen molar-refractivity contribution < 1.29 is 14.6 Å². The molecule has 172 valence electrons. The summed E-state index contributed by atoms with van der Waals surface area (Å²) in [5.74, 6) is 0.0780. The summed E-state index contributed by atoms with van der Waals surface area (Å²) in [7, 11) is 0. The molecule has 4 aromatic carbocycles. The van der Waals surface area contributed by atoms with Gasteiger partial charge in [-0.2, -0.15) is 0 Å². The van der Waals surface area contributed by atoms with Crippen LogP contribution >= 0.6 is 0 Å². The van der Waals surface area contributed by atoms with E-state index in [2.05, 4.69) is 66.8 Å². The highest BCUT2D eigenvalue weighted by Crippen LogP contribution is 2.41. The van der Waals surface area contributed by atoms with Crippen LogP contribution in [-0.2, 0) is 0 Å². The lowest BCUT2D eigenvalue weighted by atomic mass is 9.81. The number of carbonyl (C=O) groups is 1. The van der Waals surface area contributed by atoms with Gasteiger partial charge in [-0.15, -0.1) is 0 Å². The Morgan fingerprint density at radius 2 is 1.68 bits per heavy atom. The lowest BCUT2D eigenvalue weighted by Gasteiger charge is -2.34. The monoisotopic (exact) mass is 451 g/mol. The van der Waals surface area contributed by atoms with Gasteiger partial charge in [0.15, 0.2) is 0 Å². The molecular formula is C30H29NO3. The fourth-order valence-electron chi connectivity index (χ4n) is 5.22. The number of carboxylic acid groups (broad SMARTS) is 1. The molecule has 1 aliphatic rings. The third-order valence-electron chi connectivity index (χ3n) is 7.01. The maximum absolute atomic E-state index is 11.7. The van der Waals surface area contributed by atoms with Crippen molar-refractivity contribution in [3.8, 4) is 5.75 Å². The molecule has 1 heterocycles. The van der Waals surface area contributed by atoms with Crippen molar-refractivity contribution in [2.24, 2.45) is 0 Å². The molecule has 0 amide bonds. The first-order chi connectivity index (χ1) is 16.5. The van der Waals surface area contributed by atoms with Crippen molar-refractivity contribution in [1.29, 1.82) is 0 Å². The van der Waals surface area contributed by atoms with Crippen LogP contribution in [0.1, 0.15) is 57.9 Å². The van der Waals surface area contributed by atoms with Crippen molar-refractivity contribution in [2.45, 2.75) is 38.3 Å². The number of rotatable bonds is 6. The minimum Gasteiger partial charge on any atom is -0.489 e. The first kappa shape index (κ1) is 22.2. The molecule has 0 saturated heterocycles. The van der Waals surface area contributed by atoms with Crippen molar-refractivity contribution in [3.05, 3.63) is 113 Å². The normalized spacial score (nSPS) is 18.2. The van der Waals surface area contributed by atoms with Crippen LogP contribution in [0.4, 0.5) is 0 Å². The van der Waals surface area contributed by atoms with Gasteiger partial charge in [0.05, 0.1) is 5.56 Å². The maximum Gasteiger partial charge on any atom is 0.335 e. The molecule has 0 unspecified atom stereocenters. The van der Waals surface area contributed by atoms with Gasteiger partial charge < -0.3 is 15.2 Å². The van der Waals surface area contributed by atoms with Gasteiger partial charge in [0.2, 0.25) is 0 Å². The molecule has 4 heteroatoms. The molecule has 0 bridgehead atoms. The van der Waals surface area contributed by atoms with Gasteiger partial charge in [-0.1, -0.05) is 72.8 Å². The van der Waals surface area contributed by atoms with E-state index >= 15 is 0 Å². The van der Waals surface area contributed by atoms with Gasteiger partial charge in [0.1, 0.15) is 11.9 Å². The summed E-state index contributed by atoms with van der Waals surface area (Å²) < 4.78 is 6.40. The Kier molecular flexibility index (Phi) is 6.08. The summed E-state index contributed by atoms with van der Waals surface area (Å²) in [5.41, 5.74) is 4.64. The molecule has 0 aliphatic carbocycles. The number of hydrogen-bond donors (Lipinski definition) is 2. The highest BCUT2D eigenvalue weighted by Gasteiger charge is 2.31. The Balaban J connectivity index is 1.40. The molecule has 2 N–H and O–H groups in total. The Labute approximate surface area is 200 Å². The number of carboxylic acids is 1. The fraction of sp³-hybridized carbons (Fsp3) is 0.233. The first-order valence-corrected chi connectivity index (χ1v) is 11.8. The Morgan fingerprint density at radius 3 is 2.53 bits per heavy atom. The van der Waals surface area contributed by atoms with E-state index in [1.165, 1.54) is 16.3 Å². The number of aromatic carboxylic acids is 1. The largest absolute Gasteiger partial charge is 0.489 e. The molecule has 34 heavy (non-hydrogen) atoms. The Morgan fingerprint density at radius 1 is 0.971 bits per heavy atom. The minimum atomic E-state index is -0.887. The lowest BCUT2D eigenvalue weighted by Crippen LogP contribution is -2.37. The van der Waals surface area contributed by atoms with Crippen molar-refractivity contribution in [2.75, 3.05) is 6.54 Å². The van der Waals surface area contributed by atoms with Crippen LogP contribution in [0, 0.1) is 6.92 Å². The third-order valence-corrected chi connectivity index (χ3v) is 7.01. The quantitative estimate of drug-likeness (QED) is 0.352. The van der Waals surface area contributed by atoms with Crippen LogP contribution < -0.4 is 10.1 Å². The highest BCUT2D eigenvalue weighted by atomic mass is 16.5. The second-order valence-corrected chi connectivity index (χ2v) is 9.09. The van der Waals surface area contributed by atoms with E-state index in [1.54, 1.807) is 6.07 Å². The SMILES string of the molecule is Cc1c(C(=O)O)cccc1[C@@H]1C[C@H](CN[C@H](C)c2cccc3ccccc23)Oc2ccccc21. The topological polar surface area (TPSA) is 58.6 Å². The zero-order chi connectivity index (χ0) is 23.7. The molecule has 0 spiro atoms. The van der Waals surface area contributed by atoms with Gasteiger partial charge in [0, 0.05) is 24.1 Å². The molecule has 0 radical (unpaired) electrons. The van der Waals surface area contributed by atoms with Gasteiger partial charge in [0.25, 0.3) is 0 Å². The first-order valence-electron chi connectivity index (χ1n) is 11.8. The zero-order valence-electron chi connectivity index (χ0n) is 19.5. The van der Waals surface area contributed by atoms with Gasteiger partial charge in [-0.05, 0) is 59.9 Å². The summed E-state index contributed by atoms with van der Waals surface area (Å²) in [6.07, 6.45) is 0.765. The summed E-state index contributed by atoms with van der Waals surface area (Å²) in [6.45, 7) is 4.80. The Hall–Kier alpha value is -3.63. The molecule has 0 fully saturated rings. The minimum absolute atomic E-state index is 0.0230. The average molecular weight is 452 g/mol. The van der Waals surface area contributed by atoms with Crippen LogP contribution in [0.5, 0.6) is 5.75 Å². The number of ether oxygens (including phenoxy) is 1. The molecule has 5 rings (SSSR count). The third kappa shape index (κ3) is 4.17. The number of benzene rings is 4. The second kappa shape index (κ2) is 9.32. The number of hydrogen-bond acceptors (Lipinski definition) is 3. The molecule has 1 aliphatic heterocycles. The van der Waals surface area contributed by atoms with E-state index in [0.29, 0.717) is 12.1 Å². The molecular weight excluding hydrogens is 422 g/mol. The van der Waals surface area contributed by atoms with Crippen LogP contribution in [0.3, 0.4) is 0 Å². The summed E-state index contributed by atoms with van der Waals surface area (Å²) in [6, 6.07) is 28.8.